The fourth-order valence-electron chi connectivity index (χ4n) is 1.62. The van der Waals surface area contributed by atoms with Gasteiger partial charge in [-0.3, -0.25) is 10.4 Å². The summed E-state index contributed by atoms with van der Waals surface area (Å²) in [5.74, 6) is 0.913. The molecule has 1 heterocycles. The van der Waals surface area contributed by atoms with Crippen LogP contribution in [0.25, 0.3) is 0 Å². The minimum atomic E-state index is 0.00741. The van der Waals surface area contributed by atoms with Crippen molar-refractivity contribution in [2.24, 2.45) is 5.73 Å². The summed E-state index contributed by atoms with van der Waals surface area (Å²) in [6.07, 6.45) is 1.69. The summed E-state index contributed by atoms with van der Waals surface area (Å²) < 4.78 is 0. The van der Waals surface area contributed by atoms with Crippen molar-refractivity contribution in [3.05, 3.63) is 59.4 Å². The number of amidine groups is 1. The average molecular weight is 257 g/mol. The Morgan fingerprint density at radius 3 is 2.89 bits per heavy atom. The first-order valence-corrected chi connectivity index (χ1v) is 6.62. The van der Waals surface area contributed by atoms with E-state index in [9.17, 15) is 0 Å². The molecule has 1 aromatic heterocycles. The Balaban J connectivity index is 2.06. The van der Waals surface area contributed by atoms with E-state index in [1.54, 1.807) is 18.0 Å². The van der Waals surface area contributed by atoms with Crippen molar-refractivity contribution in [2.75, 3.05) is 0 Å². The third-order valence-electron chi connectivity index (χ3n) is 2.50. The lowest BCUT2D eigenvalue weighted by atomic mass is 10.2. The van der Waals surface area contributed by atoms with E-state index in [2.05, 4.69) is 36.2 Å². The molecule has 2 rings (SSSR count). The van der Waals surface area contributed by atoms with E-state index in [1.807, 2.05) is 12.1 Å². The maximum absolute atomic E-state index is 7.36. The van der Waals surface area contributed by atoms with Crippen molar-refractivity contribution >= 4 is 17.6 Å². The molecular formula is C14H15N3S. The standard InChI is InChI=1S/C14H15N3S/c1-10-3-2-4-11(7-10)9-18-12-5-6-17-13(8-12)14(15)16/h2-8H,9H2,1H3,(H3,15,16). The van der Waals surface area contributed by atoms with Crippen LogP contribution in [0.15, 0.2) is 47.5 Å². The summed E-state index contributed by atoms with van der Waals surface area (Å²) in [5.41, 5.74) is 8.52. The van der Waals surface area contributed by atoms with E-state index in [1.165, 1.54) is 11.1 Å². The number of benzene rings is 1. The van der Waals surface area contributed by atoms with E-state index < -0.39 is 0 Å². The molecule has 1 aromatic carbocycles. The maximum atomic E-state index is 7.36. The second-order valence-corrected chi connectivity index (χ2v) is 5.12. The number of hydrogen-bond acceptors (Lipinski definition) is 3. The van der Waals surface area contributed by atoms with Gasteiger partial charge >= 0.3 is 0 Å². The van der Waals surface area contributed by atoms with E-state index in [4.69, 9.17) is 11.1 Å². The molecule has 0 amide bonds. The number of rotatable bonds is 4. The Morgan fingerprint density at radius 2 is 2.17 bits per heavy atom. The number of thioether (sulfide) groups is 1. The average Bonchev–Trinajstić information content (AvgIpc) is 2.37. The molecule has 0 atom stereocenters. The number of nitrogen functional groups attached to an aromatic ring is 1. The van der Waals surface area contributed by atoms with Crippen molar-refractivity contribution in [3.63, 3.8) is 0 Å². The van der Waals surface area contributed by atoms with E-state index in [0.29, 0.717) is 5.69 Å². The molecule has 0 fully saturated rings. The van der Waals surface area contributed by atoms with Gasteiger partial charge in [-0.25, -0.2) is 0 Å². The molecule has 2 aromatic rings. The molecule has 18 heavy (non-hydrogen) atoms. The van der Waals surface area contributed by atoms with Gasteiger partial charge in [-0.15, -0.1) is 11.8 Å². The Labute approximate surface area is 111 Å². The normalized spacial score (nSPS) is 10.3. The fourth-order valence-corrected chi connectivity index (χ4v) is 2.48. The van der Waals surface area contributed by atoms with Crippen molar-refractivity contribution in [2.45, 2.75) is 17.6 Å². The smallest absolute Gasteiger partial charge is 0.141 e. The van der Waals surface area contributed by atoms with Crippen LogP contribution in [0.3, 0.4) is 0 Å². The largest absolute Gasteiger partial charge is 0.382 e. The zero-order valence-corrected chi connectivity index (χ0v) is 11.0. The third kappa shape index (κ3) is 3.34. The number of pyridine rings is 1. The van der Waals surface area contributed by atoms with Crippen molar-refractivity contribution in [3.8, 4) is 0 Å². The summed E-state index contributed by atoms with van der Waals surface area (Å²) in [6, 6.07) is 12.2. The first kappa shape index (κ1) is 12.6. The van der Waals surface area contributed by atoms with Crippen molar-refractivity contribution < 1.29 is 0 Å². The number of aryl methyl sites for hydroxylation is 1. The lowest BCUT2D eigenvalue weighted by Crippen LogP contribution is -2.12. The van der Waals surface area contributed by atoms with Crippen LogP contribution < -0.4 is 5.73 Å². The van der Waals surface area contributed by atoms with Gasteiger partial charge in [0.15, 0.2) is 0 Å². The van der Waals surface area contributed by atoms with Gasteiger partial charge in [0.05, 0.1) is 0 Å². The highest BCUT2D eigenvalue weighted by Gasteiger charge is 2.01. The van der Waals surface area contributed by atoms with Gasteiger partial charge in [0.2, 0.25) is 0 Å². The first-order valence-electron chi connectivity index (χ1n) is 5.64. The maximum Gasteiger partial charge on any atom is 0.141 e. The molecule has 3 N–H and O–H groups in total. The van der Waals surface area contributed by atoms with Gasteiger partial charge in [0.1, 0.15) is 11.5 Å². The molecule has 0 unspecified atom stereocenters. The van der Waals surface area contributed by atoms with Crippen LogP contribution in [0.4, 0.5) is 0 Å². The molecule has 0 radical (unpaired) electrons. The number of hydrogen-bond donors (Lipinski definition) is 2. The number of nitrogens with zero attached hydrogens (tertiary/aromatic N) is 1. The predicted molar refractivity (Wildman–Crippen MR) is 76.0 cm³/mol. The number of aromatic nitrogens is 1. The molecule has 0 aliphatic rings. The van der Waals surface area contributed by atoms with Crippen LogP contribution in [0, 0.1) is 12.3 Å². The Morgan fingerprint density at radius 1 is 1.33 bits per heavy atom. The lowest BCUT2D eigenvalue weighted by Gasteiger charge is -2.04. The quantitative estimate of drug-likeness (QED) is 0.503. The minimum absolute atomic E-state index is 0.00741. The molecule has 0 saturated carbocycles. The molecule has 0 saturated heterocycles. The monoisotopic (exact) mass is 257 g/mol. The minimum Gasteiger partial charge on any atom is -0.382 e. The molecule has 3 nitrogen and oxygen atoms in total. The van der Waals surface area contributed by atoms with Crippen LogP contribution in [0.2, 0.25) is 0 Å². The summed E-state index contributed by atoms with van der Waals surface area (Å²) >= 11 is 1.72. The van der Waals surface area contributed by atoms with Gasteiger partial charge in [0.25, 0.3) is 0 Å². The van der Waals surface area contributed by atoms with Gasteiger partial charge in [-0.05, 0) is 24.6 Å². The second-order valence-electron chi connectivity index (χ2n) is 4.07. The van der Waals surface area contributed by atoms with Crippen molar-refractivity contribution in [1.82, 2.24) is 4.98 Å². The zero-order chi connectivity index (χ0) is 13.0. The Kier molecular flexibility index (Phi) is 3.99. The van der Waals surface area contributed by atoms with E-state index >= 15 is 0 Å². The van der Waals surface area contributed by atoms with Crippen LogP contribution in [-0.4, -0.2) is 10.8 Å². The second kappa shape index (κ2) is 5.69. The van der Waals surface area contributed by atoms with E-state index in [0.717, 1.165) is 10.6 Å². The third-order valence-corrected chi connectivity index (χ3v) is 3.56. The molecule has 0 spiro atoms. The van der Waals surface area contributed by atoms with Gasteiger partial charge in [-0.2, -0.15) is 0 Å². The van der Waals surface area contributed by atoms with Crippen LogP contribution >= 0.6 is 11.8 Å². The molecule has 4 heteroatoms. The number of nitrogens with one attached hydrogen (secondary N) is 1. The first-order chi connectivity index (χ1) is 8.65. The summed E-state index contributed by atoms with van der Waals surface area (Å²) in [5, 5.41) is 7.36. The van der Waals surface area contributed by atoms with Gasteiger partial charge < -0.3 is 5.73 Å². The van der Waals surface area contributed by atoms with E-state index in [-0.39, 0.29) is 5.84 Å². The summed E-state index contributed by atoms with van der Waals surface area (Å²) in [4.78, 5) is 5.13. The molecule has 0 bridgehead atoms. The molecule has 92 valence electrons. The highest BCUT2D eigenvalue weighted by atomic mass is 32.2. The predicted octanol–water partition coefficient (Wildman–Crippen LogP) is 2.97. The van der Waals surface area contributed by atoms with Gasteiger partial charge in [-0.1, -0.05) is 29.8 Å². The Hall–Kier alpha value is -1.81. The van der Waals surface area contributed by atoms with Crippen molar-refractivity contribution in [1.29, 1.82) is 5.41 Å². The fraction of sp³-hybridized carbons (Fsp3) is 0.143. The van der Waals surface area contributed by atoms with Crippen LogP contribution in [-0.2, 0) is 5.75 Å². The lowest BCUT2D eigenvalue weighted by molar-refractivity contribution is 1.21. The van der Waals surface area contributed by atoms with Crippen LogP contribution in [0.5, 0.6) is 0 Å². The highest BCUT2D eigenvalue weighted by Crippen LogP contribution is 2.23. The summed E-state index contributed by atoms with van der Waals surface area (Å²) in [7, 11) is 0. The Bertz CT molecular complexity index is 566. The summed E-state index contributed by atoms with van der Waals surface area (Å²) in [6.45, 7) is 2.09. The topological polar surface area (TPSA) is 62.8 Å². The highest BCUT2D eigenvalue weighted by molar-refractivity contribution is 7.98. The molecular weight excluding hydrogens is 242 g/mol. The molecule has 0 aliphatic heterocycles. The number of nitrogens with two attached hydrogens (primary N) is 1. The molecule has 0 aliphatic carbocycles. The SMILES string of the molecule is Cc1cccc(CSc2ccnc(C(=N)N)c2)c1. The zero-order valence-electron chi connectivity index (χ0n) is 10.2. The van der Waals surface area contributed by atoms with Gasteiger partial charge in [0, 0.05) is 16.8 Å². The van der Waals surface area contributed by atoms with Crippen LogP contribution in [0.1, 0.15) is 16.8 Å².